The second-order valence-corrected chi connectivity index (χ2v) is 4.61. The molecule has 0 bridgehead atoms. The Morgan fingerprint density at radius 2 is 2.05 bits per heavy atom. The maximum Gasteiger partial charge on any atom is 0.457 e. The van der Waals surface area contributed by atoms with Crippen LogP contribution < -0.4 is 5.32 Å². The topological polar surface area (TPSA) is 41.6 Å². The Morgan fingerprint density at radius 1 is 1.35 bits per heavy atom. The van der Waals surface area contributed by atoms with Gasteiger partial charge < -0.3 is 9.64 Å². The molecule has 0 aromatic heterocycles. The number of nitrogens with zero attached hydrogens (tertiary/aromatic N) is 1. The van der Waals surface area contributed by atoms with Crippen molar-refractivity contribution in [1.29, 1.82) is 0 Å². The fourth-order valence-corrected chi connectivity index (χ4v) is 2.09. The number of rotatable bonds is 3. The number of hydrogen-bond donors (Lipinski definition) is 1. The van der Waals surface area contributed by atoms with Crippen molar-refractivity contribution in [3.63, 3.8) is 0 Å². The molecule has 7 heteroatoms. The van der Waals surface area contributed by atoms with Gasteiger partial charge in [-0.3, -0.25) is 0 Å². The van der Waals surface area contributed by atoms with Crippen molar-refractivity contribution < 1.29 is 22.7 Å². The summed E-state index contributed by atoms with van der Waals surface area (Å²) in [5, 5.41) is 1.53. The zero-order valence-corrected chi connectivity index (χ0v) is 10.7. The smallest absolute Gasteiger partial charge is 0.445 e. The number of carbonyl (C=O) groups excluding carboxylic acids is 1. The predicted octanol–water partition coefficient (Wildman–Crippen LogP) is 2.51. The lowest BCUT2D eigenvalue weighted by atomic mass is 10.2. The largest absolute Gasteiger partial charge is 0.457 e. The average molecular weight is 288 g/mol. The maximum atomic E-state index is 12.2. The van der Waals surface area contributed by atoms with E-state index in [0.29, 0.717) is 0 Å². The van der Waals surface area contributed by atoms with Crippen molar-refractivity contribution in [1.82, 2.24) is 10.2 Å². The van der Waals surface area contributed by atoms with E-state index in [2.05, 4.69) is 0 Å². The summed E-state index contributed by atoms with van der Waals surface area (Å²) in [6.45, 7) is 0.391. The molecular formula is C13H15F3N2O2. The molecule has 1 aromatic carbocycles. The van der Waals surface area contributed by atoms with Crippen LogP contribution in [0.25, 0.3) is 0 Å². The van der Waals surface area contributed by atoms with E-state index in [0.717, 1.165) is 5.56 Å². The van der Waals surface area contributed by atoms with Crippen molar-refractivity contribution in [2.24, 2.45) is 0 Å². The van der Waals surface area contributed by atoms with Gasteiger partial charge in [-0.2, -0.15) is 13.2 Å². The Labute approximate surface area is 114 Å². The van der Waals surface area contributed by atoms with Crippen LogP contribution in [-0.2, 0) is 11.3 Å². The monoisotopic (exact) mass is 288 g/mol. The van der Waals surface area contributed by atoms with Gasteiger partial charge in [0.15, 0.2) is 0 Å². The Hall–Kier alpha value is -1.76. The van der Waals surface area contributed by atoms with Crippen LogP contribution in [-0.4, -0.2) is 36.4 Å². The highest BCUT2D eigenvalue weighted by molar-refractivity contribution is 5.68. The summed E-state index contributed by atoms with van der Waals surface area (Å²) in [6, 6.07) is 8.35. The first kappa shape index (κ1) is 14.6. The van der Waals surface area contributed by atoms with Crippen LogP contribution in [0.15, 0.2) is 30.3 Å². The molecule has 0 radical (unpaired) electrons. The number of likely N-dealkylation sites (tertiary alicyclic amines) is 1. The fraction of sp³-hybridized carbons (Fsp3) is 0.462. The average Bonchev–Trinajstić information content (AvgIpc) is 2.83. The second kappa shape index (κ2) is 6.13. The number of halogens is 3. The lowest BCUT2D eigenvalue weighted by Crippen LogP contribution is -2.43. The normalized spacial score (nSPS) is 19.1. The summed E-state index contributed by atoms with van der Waals surface area (Å²) in [5.41, 5.74) is 0.838. The highest BCUT2D eigenvalue weighted by Crippen LogP contribution is 2.17. The number of nitrogens with one attached hydrogen (secondary N) is 1. The SMILES string of the molecule is O=C(OCc1ccccc1)N1CCC(NC(F)(F)F)C1. The van der Waals surface area contributed by atoms with E-state index in [1.54, 1.807) is 0 Å². The molecule has 4 nitrogen and oxygen atoms in total. The highest BCUT2D eigenvalue weighted by atomic mass is 19.4. The van der Waals surface area contributed by atoms with Crippen molar-refractivity contribution in [3.8, 4) is 0 Å². The first-order valence-corrected chi connectivity index (χ1v) is 6.24. The number of amides is 1. The zero-order chi connectivity index (χ0) is 14.6. The number of hydrogen-bond acceptors (Lipinski definition) is 3. The molecule has 2 rings (SSSR count). The highest BCUT2D eigenvalue weighted by Gasteiger charge is 2.36. The minimum Gasteiger partial charge on any atom is -0.445 e. The lowest BCUT2D eigenvalue weighted by Gasteiger charge is -2.18. The van der Waals surface area contributed by atoms with Gasteiger partial charge in [0.2, 0.25) is 0 Å². The minimum atomic E-state index is -4.42. The molecule has 1 unspecified atom stereocenters. The first-order valence-electron chi connectivity index (χ1n) is 6.24. The Morgan fingerprint density at radius 3 is 2.70 bits per heavy atom. The van der Waals surface area contributed by atoms with Crippen LogP contribution in [0.1, 0.15) is 12.0 Å². The molecule has 20 heavy (non-hydrogen) atoms. The summed E-state index contributed by atoms with van der Waals surface area (Å²) in [5.74, 6) is 0. The Balaban J connectivity index is 1.77. The van der Waals surface area contributed by atoms with Gasteiger partial charge in [-0.25, -0.2) is 10.1 Å². The molecule has 1 heterocycles. The molecule has 0 spiro atoms. The van der Waals surface area contributed by atoms with Gasteiger partial charge >= 0.3 is 12.4 Å². The van der Waals surface area contributed by atoms with Crippen LogP contribution in [0.4, 0.5) is 18.0 Å². The molecule has 0 aliphatic carbocycles. The van der Waals surface area contributed by atoms with Gasteiger partial charge in [-0.1, -0.05) is 30.3 Å². The van der Waals surface area contributed by atoms with E-state index < -0.39 is 18.4 Å². The molecule has 0 saturated carbocycles. The van der Waals surface area contributed by atoms with Gasteiger partial charge in [-0.15, -0.1) is 0 Å². The summed E-state index contributed by atoms with van der Waals surface area (Å²) in [6.07, 6.45) is -4.74. The van der Waals surface area contributed by atoms with Gasteiger partial charge in [0.1, 0.15) is 6.61 Å². The third-order valence-corrected chi connectivity index (χ3v) is 3.02. The van der Waals surface area contributed by atoms with E-state index in [4.69, 9.17) is 4.74 Å². The summed E-state index contributed by atoms with van der Waals surface area (Å²) in [4.78, 5) is 13.0. The lowest BCUT2D eigenvalue weighted by molar-refractivity contribution is -0.163. The predicted molar refractivity (Wildman–Crippen MR) is 65.8 cm³/mol. The number of benzene rings is 1. The first-order chi connectivity index (χ1) is 9.44. The van der Waals surface area contributed by atoms with E-state index >= 15 is 0 Å². The Kier molecular flexibility index (Phi) is 4.49. The summed E-state index contributed by atoms with van der Waals surface area (Å²) < 4.78 is 41.5. The minimum absolute atomic E-state index is 0.00708. The van der Waals surface area contributed by atoms with E-state index in [-0.39, 0.29) is 26.1 Å². The van der Waals surface area contributed by atoms with Crippen molar-refractivity contribution >= 4 is 6.09 Å². The second-order valence-electron chi connectivity index (χ2n) is 4.61. The number of ether oxygens (including phenoxy) is 1. The zero-order valence-electron chi connectivity index (χ0n) is 10.7. The number of alkyl halides is 3. The van der Waals surface area contributed by atoms with Gasteiger partial charge in [0.25, 0.3) is 0 Å². The van der Waals surface area contributed by atoms with E-state index in [9.17, 15) is 18.0 Å². The standard InChI is InChI=1S/C13H15F3N2O2/c14-13(15,16)17-11-6-7-18(8-11)12(19)20-9-10-4-2-1-3-5-10/h1-5,11,17H,6-9H2. The molecule has 1 fully saturated rings. The van der Waals surface area contributed by atoms with Gasteiger partial charge in [0.05, 0.1) is 0 Å². The fourth-order valence-electron chi connectivity index (χ4n) is 2.09. The third-order valence-electron chi connectivity index (χ3n) is 3.02. The number of carbonyl (C=O) groups is 1. The van der Waals surface area contributed by atoms with Crippen LogP contribution >= 0.6 is 0 Å². The quantitative estimate of drug-likeness (QED) is 0.869. The molecule has 110 valence electrons. The Bertz CT molecular complexity index is 451. The summed E-state index contributed by atoms with van der Waals surface area (Å²) >= 11 is 0. The third kappa shape index (κ3) is 4.41. The molecular weight excluding hydrogens is 273 g/mol. The van der Waals surface area contributed by atoms with Crippen LogP contribution in [0, 0.1) is 0 Å². The molecule has 1 saturated heterocycles. The summed E-state index contributed by atoms with van der Waals surface area (Å²) in [7, 11) is 0. The van der Waals surface area contributed by atoms with Crippen LogP contribution in [0.2, 0.25) is 0 Å². The van der Waals surface area contributed by atoms with Crippen molar-refractivity contribution in [2.75, 3.05) is 13.1 Å². The van der Waals surface area contributed by atoms with Crippen LogP contribution in [0.3, 0.4) is 0 Å². The van der Waals surface area contributed by atoms with Gasteiger partial charge in [0, 0.05) is 19.1 Å². The maximum absolute atomic E-state index is 12.2. The molecule has 1 amide bonds. The molecule has 1 N–H and O–H groups in total. The van der Waals surface area contributed by atoms with Crippen LogP contribution in [0.5, 0.6) is 0 Å². The molecule has 1 aromatic rings. The van der Waals surface area contributed by atoms with E-state index in [1.807, 2.05) is 30.3 Å². The molecule has 1 atom stereocenters. The molecule has 1 aliphatic heterocycles. The van der Waals surface area contributed by atoms with E-state index in [1.165, 1.54) is 10.2 Å². The van der Waals surface area contributed by atoms with Crippen molar-refractivity contribution in [2.45, 2.75) is 25.4 Å². The van der Waals surface area contributed by atoms with Gasteiger partial charge in [-0.05, 0) is 12.0 Å². The van der Waals surface area contributed by atoms with Crippen molar-refractivity contribution in [3.05, 3.63) is 35.9 Å². The molecule has 1 aliphatic rings.